The monoisotopic (exact) mass is 489 g/mol. The van der Waals surface area contributed by atoms with Gasteiger partial charge in [0.2, 0.25) is 6.79 Å². The number of nitrogens with one attached hydrogen (secondary N) is 2. The lowest BCUT2D eigenvalue weighted by Crippen LogP contribution is -2.25. The number of carbonyl (C=O) groups excluding carboxylic acids is 3. The van der Waals surface area contributed by atoms with Gasteiger partial charge in [-0.05, 0) is 73.8 Å². The van der Waals surface area contributed by atoms with E-state index in [4.69, 9.17) is 9.47 Å². The highest BCUT2D eigenvalue weighted by Gasteiger charge is 2.18. The molecule has 0 saturated carbocycles. The fourth-order valence-electron chi connectivity index (χ4n) is 3.75. The molecule has 1 aliphatic rings. The Bertz CT molecular complexity index is 1290. The Labute approximate surface area is 209 Å². The van der Waals surface area contributed by atoms with Crippen LogP contribution < -0.4 is 20.1 Å². The standard InChI is InChI=1S/C27H27N3O6/c1-30(2)15-18-4-10-22(29-25(31)19-6-8-20(9-7-19)27(33)34-3)21(12-18)26(32)28-14-17-5-11-23-24(13-17)36-16-35-23/h4-13H,14-16H2,1-3H3,(H,28,32)(H,29,31). The van der Waals surface area contributed by atoms with Crippen molar-refractivity contribution in [3.63, 3.8) is 0 Å². The first-order valence-corrected chi connectivity index (χ1v) is 11.3. The van der Waals surface area contributed by atoms with E-state index >= 15 is 0 Å². The molecule has 2 amide bonds. The van der Waals surface area contributed by atoms with Gasteiger partial charge in [0.25, 0.3) is 11.8 Å². The van der Waals surface area contributed by atoms with E-state index in [0.29, 0.717) is 40.4 Å². The van der Waals surface area contributed by atoms with E-state index in [2.05, 4.69) is 15.4 Å². The van der Waals surface area contributed by atoms with Crippen LogP contribution in [-0.4, -0.2) is 50.7 Å². The first-order chi connectivity index (χ1) is 17.3. The highest BCUT2D eigenvalue weighted by atomic mass is 16.7. The van der Waals surface area contributed by atoms with Gasteiger partial charge in [-0.2, -0.15) is 0 Å². The van der Waals surface area contributed by atoms with Crippen LogP contribution in [-0.2, 0) is 17.8 Å². The SMILES string of the molecule is COC(=O)c1ccc(C(=O)Nc2ccc(CN(C)C)cc2C(=O)NCc2ccc3c(c2)OCO3)cc1. The van der Waals surface area contributed by atoms with E-state index < -0.39 is 11.9 Å². The topological polar surface area (TPSA) is 106 Å². The lowest BCUT2D eigenvalue weighted by Gasteiger charge is -2.15. The summed E-state index contributed by atoms with van der Waals surface area (Å²) in [7, 11) is 5.17. The number of methoxy groups -OCH3 is 1. The highest BCUT2D eigenvalue weighted by Crippen LogP contribution is 2.32. The van der Waals surface area contributed by atoms with Crippen molar-refractivity contribution < 1.29 is 28.6 Å². The summed E-state index contributed by atoms with van der Waals surface area (Å²) in [5, 5.41) is 5.73. The smallest absolute Gasteiger partial charge is 0.337 e. The number of carbonyl (C=O) groups is 3. The number of hydrogen-bond donors (Lipinski definition) is 2. The summed E-state index contributed by atoms with van der Waals surface area (Å²) in [5.41, 5.74) is 3.18. The third kappa shape index (κ3) is 5.81. The Hall–Kier alpha value is -4.37. The molecule has 9 heteroatoms. The maximum absolute atomic E-state index is 13.2. The summed E-state index contributed by atoms with van der Waals surface area (Å²) in [4.78, 5) is 39.7. The number of hydrogen-bond acceptors (Lipinski definition) is 7. The Morgan fingerprint density at radius 1 is 0.861 bits per heavy atom. The van der Waals surface area contributed by atoms with Crippen molar-refractivity contribution in [2.24, 2.45) is 0 Å². The van der Waals surface area contributed by atoms with Crippen LogP contribution in [0.5, 0.6) is 11.5 Å². The number of nitrogens with zero attached hydrogens (tertiary/aromatic N) is 1. The van der Waals surface area contributed by atoms with E-state index in [9.17, 15) is 14.4 Å². The van der Waals surface area contributed by atoms with E-state index in [1.54, 1.807) is 18.2 Å². The summed E-state index contributed by atoms with van der Waals surface area (Å²) >= 11 is 0. The highest BCUT2D eigenvalue weighted by molar-refractivity contribution is 6.09. The van der Waals surface area contributed by atoms with Crippen LogP contribution in [0.1, 0.15) is 42.2 Å². The summed E-state index contributed by atoms with van der Waals surface area (Å²) < 4.78 is 15.4. The largest absolute Gasteiger partial charge is 0.465 e. The van der Waals surface area contributed by atoms with Crippen molar-refractivity contribution >= 4 is 23.5 Å². The first-order valence-electron chi connectivity index (χ1n) is 11.3. The maximum Gasteiger partial charge on any atom is 0.337 e. The van der Waals surface area contributed by atoms with Crippen LogP contribution in [0, 0.1) is 0 Å². The Morgan fingerprint density at radius 2 is 1.56 bits per heavy atom. The van der Waals surface area contributed by atoms with E-state index in [1.807, 2.05) is 37.2 Å². The minimum atomic E-state index is -0.486. The van der Waals surface area contributed by atoms with Gasteiger partial charge in [-0.25, -0.2) is 4.79 Å². The molecular weight excluding hydrogens is 462 g/mol. The van der Waals surface area contributed by atoms with Gasteiger partial charge < -0.3 is 29.7 Å². The fourth-order valence-corrected chi connectivity index (χ4v) is 3.75. The molecule has 9 nitrogen and oxygen atoms in total. The predicted octanol–water partition coefficient (Wildman–Crippen LogP) is 3.45. The zero-order valence-corrected chi connectivity index (χ0v) is 20.3. The molecule has 1 heterocycles. The lowest BCUT2D eigenvalue weighted by atomic mass is 10.1. The summed E-state index contributed by atoms with van der Waals surface area (Å²) in [6.07, 6.45) is 0. The molecule has 0 radical (unpaired) electrons. The predicted molar refractivity (Wildman–Crippen MR) is 133 cm³/mol. The van der Waals surface area contributed by atoms with Crippen LogP contribution in [0.25, 0.3) is 0 Å². The Morgan fingerprint density at radius 3 is 2.28 bits per heavy atom. The molecule has 0 spiro atoms. The van der Waals surface area contributed by atoms with Gasteiger partial charge >= 0.3 is 5.97 Å². The normalized spacial score (nSPS) is 11.8. The second kappa shape index (κ2) is 10.9. The quantitative estimate of drug-likeness (QED) is 0.467. The van der Waals surface area contributed by atoms with Gasteiger partial charge in [-0.15, -0.1) is 0 Å². The molecule has 1 aliphatic heterocycles. The van der Waals surface area contributed by atoms with E-state index in [1.165, 1.54) is 31.4 Å². The molecule has 0 bridgehead atoms. The molecule has 36 heavy (non-hydrogen) atoms. The minimum absolute atomic E-state index is 0.179. The summed E-state index contributed by atoms with van der Waals surface area (Å²) in [5.74, 6) is 0.0908. The third-order valence-electron chi connectivity index (χ3n) is 5.53. The molecule has 4 rings (SSSR count). The van der Waals surface area contributed by atoms with Gasteiger partial charge in [0.1, 0.15) is 0 Å². The van der Waals surface area contributed by atoms with Crippen molar-refractivity contribution in [1.82, 2.24) is 10.2 Å². The average Bonchev–Trinajstić information content (AvgIpc) is 3.35. The molecule has 2 N–H and O–H groups in total. The average molecular weight is 490 g/mol. The number of rotatable bonds is 8. The van der Waals surface area contributed by atoms with Crippen molar-refractivity contribution in [2.45, 2.75) is 13.1 Å². The van der Waals surface area contributed by atoms with E-state index in [-0.39, 0.29) is 19.2 Å². The number of esters is 1. The minimum Gasteiger partial charge on any atom is -0.465 e. The van der Waals surface area contributed by atoms with Crippen LogP contribution >= 0.6 is 0 Å². The summed E-state index contributed by atoms with van der Waals surface area (Å²) in [6.45, 7) is 1.08. The lowest BCUT2D eigenvalue weighted by molar-refractivity contribution is 0.0600. The fraction of sp³-hybridized carbons (Fsp3) is 0.222. The molecule has 0 aliphatic carbocycles. The Kier molecular flexibility index (Phi) is 7.50. The molecule has 0 fully saturated rings. The molecular formula is C27H27N3O6. The van der Waals surface area contributed by atoms with Crippen molar-refractivity contribution in [1.29, 1.82) is 0 Å². The first kappa shape index (κ1) is 24.7. The second-order valence-electron chi connectivity index (χ2n) is 8.51. The summed E-state index contributed by atoms with van der Waals surface area (Å²) in [6, 6.07) is 16.9. The van der Waals surface area contributed by atoms with Gasteiger partial charge in [0.05, 0.1) is 23.9 Å². The van der Waals surface area contributed by atoms with Gasteiger partial charge in [0.15, 0.2) is 11.5 Å². The van der Waals surface area contributed by atoms with Crippen LogP contribution in [0.2, 0.25) is 0 Å². The zero-order chi connectivity index (χ0) is 25.7. The second-order valence-corrected chi connectivity index (χ2v) is 8.51. The van der Waals surface area contributed by atoms with Crippen molar-refractivity contribution in [3.05, 3.63) is 88.5 Å². The third-order valence-corrected chi connectivity index (χ3v) is 5.53. The number of amides is 2. The van der Waals surface area contributed by atoms with Gasteiger partial charge in [-0.1, -0.05) is 12.1 Å². The molecule has 3 aromatic rings. The number of anilines is 1. The van der Waals surface area contributed by atoms with Gasteiger partial charge in [-0.3, -0.25) is 9.59 Å². The number of benzene rings is 3. The number of ether oxygens (including phenoxy) is 3. The molecule has 3 aromatic carbocycles. The molecule has 0 unspecified atom stereocenters. The van der Waals surface area contributed by atoms with Crippen molar-refractivity contribution in [3.8, 4) is 11.5 Å². The Balaban J connectivity index is 1.52. The van der Waals surface area contributed by atoms with E-state index in [0.717, 1.165) is 11.1 Å². The van der Waals surface area contributed by atoms with Crippen LogP contribution in [0.15, 0.2) is 60.7 Å². The molecule has 186 valence electrons. The molecule has 0 aromatic heterocycles. The maximum atomic E-state index is 13.2. The van der Waals surface area contributed by atoms with Crippen LogP contribution in [0.3, 0.4) is 0 Å². The van der Waals surface area contributed by atoms with Crippen molar-refractivity contribution in [2.75, 3.05) is 33.3 Å². The van der Waals surface area contributed by atoms with Crippen LogP contribution in [0.4, 0.5) is 5.69 Å². The zero-order valence-electron chi connectivity index (χ0n) is 20.3. The number of fused-ring (bicyclic) bond motifs is 1. The molecule has 0 saturated heterocycles. The van der Waals surface area contributed by atoms with Gasteiger partial charge in [0, 0.05) is 18.7 Å². The molecule has 0 atom stereocenters.